The summed E-state index contributed by atoms with van der Waals surface area (Å²) in [6.45, 7) is 2.05. The summed E-state index contributed by atoms with van der Waals surface area (Å²) in [6.07, 6.45) is 2.02. The van der Waals surface area contributed by atoms with Crippen molar-refractivity contribution >= 4 is 16.7 Å². The third-order valence-corrected chi connectivity index (χ3v) is 4.35. The minimum atomic E-state index is 0.0415. The minimum Gasteiger partial charge on any atom is -0.483 e. The van der Waals surface area contributed by atoms with Gasteiger partial charge in [-0.1, -0.05) is 36.4 Å². The van der Waals surface area contributed by atoms with Crippen LogP contribution in [0.4, 0.5) is 0 Å². The molecule has 0 spiro atoms. The highest BCUT2D eigenvalue weighted by Gasteiger charge is 2.22. The van der Waals surface area contributed by atoms with Crippen LogP contribution < -0.4 is 10.1 Å². The van der Waals surface area contributed by atoms with E-state index >= 15 is 0 Å². The number of hydrogen-bond donors (Lipinski definition) is 1. The van der Waals surface area contributed by atoms with Gasteiger partial charge in [-0.2, -0.15) is 0 Å². The summed E-state index contributed by atoms with van der Waals surface area (Å²) in [7, 11) is 1.88. The fourth-order valence-electron chi connectivity index (χ4n) is 2.96. The number of ether oxygens (including phenoxy) is 1. The maximum Gasteiger partial charge on any atom is 0.260 e. The fourth-order valence-corrected chi connectivity index (χ4v) is 2.96. The number of likely N-dealkylation sites (N-methyl/N-ethyl adjacent to an activating group) is 1. The Balaban J connectivity index is 1.64. The van der Waals surface area contributed by atoms with Crippen molar-refractivity contribution in [1.82, 2.24) is 10.2 Å². The van der Waals surface area contributed by atoms with E-state index in [1.807, 2.05) is 54.4 Å². The second kappa shape index (κ2) is 6.79. The first-order valence-corrected chi connectivity index (χ1v) is 7.82. The molecule has 4 heteroatoms. The lowest BCUT2D eigenvalue weighted by Crippen LogP contribution is -2.45. The largest absolute Gasteiger partial charge is 0.483 e. The third kappa shape index (κ3) is 3.22. The predicted molar refractivity (Wildman–Crippen MR) is 88.1 cm³/mol. The fraction of sp³-hybridized carbons (Fsp3) is 0.389. The Kier molecular flexibility index (Phi) is 4.59. The van der Waals surface area contributed by atoms with Gasteiger partial charge < -0.3 is 15.0 Å². The lowest BCUT2D eigenvalue weighted by Gasteiger charge is -2.31. The molecular weight excluding hydrogens is 276 g/mol. The maximum absolute atomic E-state index is 12.3. The molecule has 1 heterocycles. The minimum absolute atomic E-state index is 0.0415. The number of carbonyl (C=O) groups excluding carboxylic acids is 1. The summed E-state index contributed by atoms with van der Waals surface area (Å²) in [5.41, 5.74) is 0. The number of benzene rings is 2. The normalized spacial score (nSPS) is 15.7. The molecule has 0 atom stereocenters. The van der Waals surface area contributed by atoms with Crippen molar-refractivity contribution in [3.63, 3.8) is 0 Å². The summed E-state index contributed by atoms with van der Waals surface area (Å²) in [5.74, 6) is 0.810. The Morgan fingerprint density at radius 2 is 1.91 bits per heavy atom. The molecule has 2 aromatic carbocycles. The smallest absolute Gasteiger partial charge is 0.260 e. The molecule has 0 aromatic heterocycles. The van der Waals surface area contributed by atoms with Crippen LogP contribution in [0.15, 0.2) is 42.5 Å². The van der Waals surface area contributed by atoms with Gasteiger partial charge in [-0.05, 0) is 37.4 Å². The van der Waals surface area contributed by atoms with E-state index in [0.717, 1.165) is 42.5 Å². The van der Waals surface area contributed by atoms with Crippen molar-refractivity contribution in [3.05, 3.63) is 42.5 Å². The molecule has 0 aliphatic carbocycles. The number of hydrogen-bond acceptors (Lipinski definition) is 3. The Hall–Kier alpha value is -2.07. The molecule has 2 aromatic rings. The van der Waals surface area contributed by atoms with Crippen LogP contribution >= 0.6 is 0 Å². The molecule has 1 aliphatic rings. The molecule has 22 heavy (non-hydrogen) atoms. The van der Waals surface area contributed by atoms with Gasteiger partial charge in [-0.15, -0.1) is 0 Å². The van der Waals surface area contributed by atoms with Crippen LogP contribution in [-0.4, -0.2) is 43.6 Å². The summed E-state index contributed by atoms with van der Waals surface area (Å²) in [5, 5.41) is 5.49. The molecule has 1 amide bonds. The summed E-state index contributed by atoms with van der Waals surface area (Å²) in [4.78, 5) is 14.2. The average Bonchev–Trinajstić information content (AvgIpc) is 2.59. The van der Waals surface area contributed by atoms with Gasteiger partial charge in [0.15, 0.2) is 6.61 Å². The Morgan fingerprint density at radius 1 is 1.18 bits per heavy atom. The average molecular weight is 298 g/mol. The first-order valence-electron chi connectivity index (χ1n) is 7.82. The SMILES string of the molecule is CN(C(=O)COc1cccc2ccccc12)C1CCNCC1. The molecule has 1 saturated heterocycles. The van der Waals surface area contributed by atoms with Crippen molar-refractivity contribution in [3.8, 4) is 5.75 Å². The van der Waals surface area contributed by atoms with Gasteiger partial charge in [0, 0.05) is 18.5 Å². The van der Waals surface area contributed by atoms with Gasteiger partial charge in [0.2, 0.25) is 0 Å². The van der Waals surface area contributed by atoms with Crippen LogP contribution in [-0.2, 0) is 4.79 Å². The van der Waals surface area contributed by atoms with Crippen molar-refractivity contribution in [2.24, 2.45) is 0 Å². The van der Waals surface area contributed by atoms with E-state index in [9.17, 15) is 4.79 Å². The van der Waals surface area contributed by atoms with Crippen molar-refractivity contribution in [1.29, 1.82) is 0 Å². The lowest BCUT2D eigenvalue weighted by atomic mass is 10.1. The number of carbonyl (C=O) groups is 1. The lowest BCUT2D eigenvalue weighted by molar-refractivity contribution is -0.134. The molecule has 4 nitrogen and oxygen atoms in total. The maximum atomic E-state index is 12.3. The van der Waals surface area contributed by atoms with Crippen molar-refractivity contribution in [2.45, 2.75) is 18.9 Å². The molecule has 116 valence electrons. The van der Waals surface area contributed by atoms with E-state index in [0.29, 0.717) is 6.04 Å². The number of rotatable bonds is 4. The van der Waals surface area contributed by atoms with E-state index in [-0.39, 0.29) is 12.5 Å². The van der Waals surface area contributed by atoms with Gasteiger partial charge in [-0.25, -0.2) is 0 Å². The Labute approximate surface area is 131 Å². The number of piperidine rings is 1. The molecular formula is C18H22N2O2. The van der Waals surface area contributed by atoms with Crippen LogP contribution in [0.2, 0.25) is 0 Å². The Morgan fingerprint density at radius 3 is 2.73 bits per heavy atom. The number of fused-ring (bicyclic) bond motifs is 1. The van der Waals surface area contributed by atoms with E-state index in [2.05, 4.69) is 5.32 Å². The molecule has 0 unspecified atom stereocenters. The zero-order chi connectivity index (χ0) is 15.4. The summed E-state index contributed by atoms with van der Waals surface area (Å²) in [6, 6.07) is 14.3. The zero-order valence-electron chi connectivity index (χ0n) is 12.9. The predicted octanol–water partition coefficient (Wildman–Crippen LogP) is 2.43. The quantitative estimate of drug-likeness (QED) is 0.942. The van der Waals surface area contributed by atoms with E-state index in [1.54, 1.807) is 0 Å². The monoisotopic (exact) mass is 298 g/mol. The second-order valence-corrected chi connectivity index (χ2v) is 5.75. The third-order valence-electron chi connectivity index (χ3n) is 4.35. The first-order chi connectivity index (χ1) is 10.8. The molecule has 1 N–H and O–H groups in total. The van der Waals surface area contributed by atoms with Crippen molar-refractivity contribution in [2.75, 3.05) is 26.7 Å². The van der Waals surface area contributed by atoms with Crippen LogP contribution in [0.3, 0.4) is 0 Å². The topological polar surface area (TPSA) is 41.6 Å². The summed E-state index contributed by atoms with van der Waals surface area (Å²) >= 11 is 0. The van der Waals surface area contributed by atoms with Crippen molar-refractivity contribution < 1.29 is 9.53 Å². The zero-order valence-corrected chi connectivity index (χ0v) is 12.9. The van der Waals surface area contributed by atoms with E-state index < -0.39 is 0 Å². The number of amides is 1. The highest BCUT2D eigenvalue weighted by Crippen LogP contribution is 2.25. The van der Waals surface area contributed by atoms with Gasteiger partial charge in [-0.3, -0.25) is 4.79 Å². The molecule has 1 fully saturated rings. The molecule has 1 aliphatic heterocycles. The standard InChI is InChI=1S/C18H22N2O2/c1-20(15-9-11-19-12-10-15)18(21)13-22-17-8-4-6-14-5-2-3-7-16(14)17/h2-8,15,19H,9-13H2,1H3. The number of nitrogens with one attached hydrogen (secondary N) is 1. The number of nitrogens with zero attached hydrogens (tertiary/aromatic N) is 1. The van der Waals surface area contributed by atoms with Gasteiger partial charge in [0.25, 0.3) is 5.91 Å². The van der Waals surface area contributed by atoms with Crippen LogP contribution in [0.5, 0.6) is 5.75 Å². The Bertz CT molecular complexity index is 645. The van der Waals surface area contributed by atoms with Crippen LogP contribution in [0.25, 0.3) is 10.8 Å². The highest BCUT2D eigenvalue weighted by atomic mass is 16.5. The van der Waals surface area contributed by atoms with E-state index in [1.165, 1.54) is 0 Å². The van der Waals surface area contributed by atoms with Gasteiger partial charge in [0.1, 0.15) is 5.75 Å². The summed E-state index contributed by atoms with van der Waals surface area (Å²) < 4.78 is 5.79. The molecule has 0 bridgehead atoms. The molecule has 3 rings (SSSR count). The molecule has 0 saturated carbocycles. The first kappa shape index (κ1) is 14.9. The van der Waals surface area contributed by atoms with Gasteiger partial charge in [0.05, 0.1) is 0 Å². The molecule has 0 radical (unpaired) electrons. The van der Waals surface area contributed by atoms with E-state index in [4.69, 9.17) is 4.74 Å². The highest BCUT2D eigenvalue weighted by molar-refractivity contribution is 5.88. The van der Waals surface area contributed by atoms with Gasteiger partial charge >= 0.3 is 0 Å². The second-order valence-electron chi connectivity index (χ2n) is 5.75. The van der Waals surface area contributed by atoms with Crippen LogP contribution in [0, 0.1) is 0 Å². The van der Waals surface area contributed by atoms with Crippen LogP contribution in [0.1, 0.15) is 12.8 Å².